The molecule has 10 heteroatoms. The summed E-state index contributed by atoms with van der Waals surface area (Å²) in [5, 5.41) is 12.6. The van der Waals surface area contributed by atoms with Crippen LogP contribution in [0.15, 0.2) is 83.8 Å². The predicted molar refractivity (Wildman–Crippen MR) is 159 cm³/mol. The average Bonchev–Trinajstić information content (AvgIpc) is 3.54. The van der Waals surface area contributed by atoms with Crippen molar-refractivity contribution in [3.05, 3.63) is 101 Å². The molecule has 1 atom stereocenters. The molecular weight excluding hydrogens is 562 g/mol. The third-order valence-electron chi connectivity index (χ3n) is 7.15. The fraction of sp³-hybridized carbons (Fsp3) is 0.355. The van der Waals surface area contributed by atoms with Crippen LogP contribution in [-0.2, 0) is 32.6 Å². The number of nitrogens with zero attached hydrogens (tertiary/aromatic N) is 2. The summed E-state index contributed by atoms with van der Waals surface area (Å²) in [6.07, 6.45) is 2.65. The Bertz CT molecular complexity index is 1390. The molecule has 1 saturated heterocycles. The molecule has 0 radical (unpaired) electrons. The number of nitrogens with one attached hydrogen (secondary N) is 1. The van der Waals surface area contributed by atoms with Crippen molar-refractivity contribution in [2.75, 3.05) is 26.2 Å². The van der Waals surface area contributed by atoms with Crippen LogP contribution >= 0.6 is 11.6 Å². The summed E-state index contributed by atoms with van der Waals surface area (Å²) < 4.78 is 27.2. The van der Waals surface area contributed by atoms with Crippen molar-refractivity contribution in [1.82, 2.24) is 14.5 Å². The van der Waals surface area contributed by atoms with Gasteiger partial charge in [0.25, 0.3) is 0 Å². The van der Waals surface area contributed by atoms with E-state index in [4.69, 9.17) is 11.6 Å². The van der Waals surface area contributed by atoms with E-state index in [1.54, 1.807) is 41.3 Å². The summed E-state index contributed by atoms with van der Waals surface area (Å²) >= 11 is 6.08. The van der Waals surface area contributed by atoms with Gasteiger partial charge in [-0.1, -0.05) is 66.2 Å². The number of amides is 2. The second-order valence-corrected chi connectivity index (χ2v) is 12.5. The number of carbonyl (C=O) groups excluding carboxylic acids is 2. The highest BCUT2D eigenvalue weighted by atomic mass is 35.5. The van der Waals surface area contributed by atoms with Crippen molar-refractivity contribution in [3.63, 3.8) is 0 Å². The molecule has 4 rings (SSSR count). The maximum atomic E-state index is 13.8. The van der Waals surface area contributed by atoms with Crippen LogP contribution < -0.4 is 5.32 Å². The first kappa shape index (κ1) is 30.7. The van der Waals surface area contributed by atoms with Crippen LogP contribution in [-0.4, -0.2) is 60.8 Å². The monoisotopic (exact) mass is 597 g/mol. The van der Waals surface area contributed by atoms with E-state index in [1.165, 1.54) is 4.31 Å². The van der Waals surface area contributed by atoms with Crippen LogP contribution in [0.5, 0.6) is 0 Å². The Kier molecular flexibility index (Phi) is 10.9. The minimum absolute atomic E-state index is 0.0537. The zero-order valence-electron chi connectivity index (χ0n) is 22.9. The molecule has 1 heterocycles. The summed E-state index contributed by atoms with van der Waals surface area (Å²) in [6.45, 7) is 1.50. The molecule has 1 aliphatic heterocycles. The summed E-state index contributed by atoms with van der Waals surface area (Å²) in [7, 11) is -3.51. The SMILES string of the molecule is O=C(NCCCO)C(c1ccccc1)N(Cc1ccc(Cl)cc1)C(=O)CCc1ccc(S(=O)(=O)N2CCCC2)cc1. The molecule has 1 fully saturated rings. The second-order valence-electron chi connectivity index (χ2n) is 10.1. The highest BCUT2D eigenvalue weighted by molar-refractivity contribution is 7.89. The van der Waals surface area contributed by atoms with Gasteiger partial charge < -0.3 is 15.3 Å². The molecule has 0 saturated carbocycles. The molecule has 3 aromatic rings. The summed E-state index contributed by atoms with van der Waals surface area (Å²) in [4.78, 5) is 29.1. The molecule has 3 aromatic carbocycles. The molecule has 2 N–H and O–H groups in total. The van der Waals surface area contributed by atoms with Crippen molar-refractivity contribution in [2.24, 2.45) is 0 Å². The van der Waals surface area contributed by atoms with Crippen LogP contribution in [0, 0.1) is 0 Å². The minimum atomic E-state index is -3.51. The number of rotatable bonds is 13. The van der Waals surface area contributed by atoms with E-state index in [2.05, 4.69) is 5.32 Å². The van der Waals surface area contributed by atoms with Gasteiger partial charge in [0.2, 0.25) is 21.8 Å². The number of benzene rings is 3. The lowest BCUT2D eigenvalue weighted by Gasteiger charge is -2.32. The van der Waals surface area contributed by atoms with Crippen molar-refractivity contribution in [2.45, 2.75) is 49.6 Å². The predicted octanol–water partition coefficient (Wildman–Crippen LogP) is 4.33. The van der Waals surface area contributed by atoms with Gasteiger partial charge in [0.1, 0.15) is 6.04 Å². The second kappa shape index (κ2) is 14.6. The Morgan fingerprint density at radius 2 is 1.56 bits per heavy atom. The van der Waals surface area contributed by atoms with Gasteiger partial charge in [0.05, 0.1) is 4.90 Å². The number of aliphatic hydroxyl groups excluding tert-OH is 1. The van der Waals surface area contributed by atoms with Gasteiger partial charge in [0, 0.05) is 44.2 Å². The lowest BCUT2D eigenvalue weighted by molar-refractivity contribution is -0.141. The number of halogens is 1. The Morgan fingerprint density at radius 1 is 0.927 bits per heavy atom. The van der Waals surface area contributed by atoms with E-state index in [0.29, 0.717) is 36.5 Å². The van der Waals surface area contributed by atoms with Gasteiger partial charge in [-0.2, -0.15) is 4.31 Å². The van der Waals surface area contributed by atoms with Gasteiger partial charge in [-0.3, -0.25) is 9.59 Å². The molecule has 41 heavy (non-hydrogen) atoms. The largest absolute Gasteiger partial charge is 0.396 e. The van der Waals surface area contributed by atoms with E-state index < -0.39 is 16.1 Å². The van der Waals surface area contributed by atoms with E-state index in [9.17, 15) is 23.1 Å². The van der Waals surface area contributed by atoms with Crippen LogP contribution in [0.3, 0.4) is 0 Å². The first-order chi connectivity index (χ1) is 19.8. The summed E-state index contributed by atoms with van der Waals surface area (Å²) in [6, 6.07) is 22.1. The lowest BCUT2D eigenvalue weighted by Crippen LogP contribution is -2.43. The standard InChI is InChI=1S/C31H36ClN3O5S/c32-27-14-9-25(10-15-27)23-35(30(26-7-2-1-3-8-26)31(38)33-19-6-22-36)29(37)18-13-24-11-16-28(17-12-24)41(39,40)34-20-4-5-21-34/h1-3,7-12,14-17,30,36H,4-6,13,18-23H2,(H,33,38). The fourth-order valence-corrected chi connectivity index (χ4v) is 6.55. The smallest absolute Gasteiger partial charge is 0.247 e. The fourth-order valence-electron chi connectivity index (χ4n) is 4.91. The maximum Gasteiger partial charge on any atom is 0.247 e. The molecule has 0 aliphatic carbocycles. The highest BCUT2D eigenvalue weighted by Gasteiger charge is 2.31. The molecule has 0 bridgehead atoms. The number of sulfonamides is 1. The number of hydrogen-bond donors (Lipinski definition) is 2. The molecular formula is C31H36ClN3O5S. The van der Waals surface area contributed by atoms with Gasteiger partial charge in [-0.05, 0) is 66.6 Å². The Balaban J connectivity index is 1.55. The lowest BCUT2D eigenvalue weighted by atomic mass is 10.0. The maximum absolute atomic E-state index is 13.8. The molecule has 1 aliphatic rings. The number of aryl methyl sites for hydroxylation is 1. The normalized spacial score (nSPS) is 14.5. The topological polar surface area (TPSA) is 107 Å². The molecule has 8 nitrogen and oxygen atoms in total. The van der Waals surface area contributed by atoms with Crippen LogP contribution in [0.2, 0.25) is 5.02 Å². The van der Waals surface area contributed by atoms with Crippen molar-refractivity contribution in [3.8, 4) is 0 Å². The summed E-state index contributed by atoms with van der Waals surface area (Å²) in [5.41, 5.74) is 2.32. The highest BCUT2D eigenvalue weighted by Crippen LogP contribution is 2.26. The molecule has 218 valence electrons. The van der Waals surface area contributed by atoms with E-state index >= 15 is 0 Å². The zero-order chi connectivity index (χ0) is 29.2. The van der Waals surface area contributed by atoms with Crippen LogP contribution in [0.25, 0.3) is 0 Å². The third kappa shape index (κ3) is 8.16. The van der Waals surface area contributed by atoms with E-state index in [1.807, 2.05) is 42.5 Å². The van der Waals surface area contributed by atoms with Gasteiger partial charge in [-0.15, -0.1) is 0 Å². The van der Waals surface area contributed by atoms with E-state index in [-0.39, 0.29) is 42.8 Å². The first-order valence-corrected chi connectivity index (χ1v) is 15.7. The number of carbonyl (C=O) groups is 2. The van der Waals surface area contributed by atoms with Gasteiger partial charge in [-0.25, -0.2) is 8.42 Å². The number of hydrogen-bond acceptors (Lipinski definition) is 5. The van der Waals surface area contributed by atoms with Crippen LogP contribution in [0.1, 0.15) is 48.4 Å². The van der Waals surface area contributed by atoms with Gasteiger partial charge >= 0.3 is 0 Å². The Morgan fingerprint density at radius 3 is 2.20 bits per heavy atom. The molecule has 2 amide bonds. The summed E-state index contributed by atoms with van der Waals surface area (Å²) in [5.74, 6) is -0.552. The minimum Gasteiger partial charge on any atom is -0.396 e. The zero-order valence-corrected chi connectivity index (χ0v) is 24.5. The average molecular weight is 598 g/mol. The van der Waals surface area contributed by atoms with Crippen molar-refractivity contribution in [1.29, 1.82) is 0 Å². The molecule has 0 aromatic heterocycles. The molecule has 1 unspecified atom stereocenters. The number of aliphatic hydroxyl groups is 1. The Hall–Kier alpha value is -3.24. The van der Waals surface area contributed by atoms with Gasteiger partial charge in [0.15, 0.2) is 0 Å². The molecule has 0 spiro atoms. The first-order valence-electron chi connectivity index (χ1n) is 13.9. The third-order valence-corrected chi connectivity index (χ3v) is 9.31. The Labute approximate surface area is 247 Å². The quantitative estimate of drug-likeness (QED) is 0.285. The van der Waals surface area contributed by atoms with E-state index in [0.717, 1.165) is 24.0 Å². The van der Waals surface area contributed by atoms with Crippen molar-refractivity contribution < 1.29 is 23.1 Å². The van der Waals surface area contributed by atoms with Crippen molar-refractivity contribution >= 4 is 33.4 Å². The van der Waals surface area contributed by atoms with Crippen LogP contribution in [0.4, 0.5) is 0 Å².